The first-order valence-corrected chi connectivity index (χ1v) is 15.2. The lowest BCUT2D eigenvalue weighted by atomic mass is 9.59. The van der Waals surface area contributed by atoms with Crippen molar-refractivity contribution in [2.24, 2.45) is 23.7 Å². The average molecular weight is 514 g/mol. The van der Waals surface area contributed by atoms with Gasteiger partial charge in [-0.3, -0.25) is 0 Å². The fraction of sp³-hybridized carbons (Fsp3) is 0.231. The van der Waals surface area contributed by atoms with Gasteiger partial charge in [0.05, 0.1) is 11.0 Å². The van der Waals surface area contributed by atoms with Gasteiger partial charge in [0.1, 0.15) is 0 Å². The largest absolute Gasteiger partial charge is 0.309 e. The van der Waals surface area contributed by atoms with Crippen LogP contribution in [-0.4, -0.2) is 4.57 Å². The summed E-state index contributed by atoms with van der Waals surface area (Å²) in [5.74, 6) is 3.49. The van der Waals surface area contributed by atoms with E-state index in [0.29, 0.717) is 0 Å². The molecule has 4 saturated carbocycles. The summed E-state index contributed by atoms with van der Waals surface area (Å²) in [4.78, 5) is 0. The van der Waals surface area contributed by atoms with Crippen LogP contribution in [0.3, 0.4) is 0 Å². The van der Waals surface area contributed by atoms with E-state index in [1.54, 1.807) is 11.1 Å². The van der Waals surface area contributed by atoms with Crippen LogP contribution in [0.4, 0.5) is 0 Å². The van der Waals surface area contributed by atoms with Crippen LogP contribution in [0.15, 0.2) is 115 Å². The molecule has 40 heavy (non-hydrogen) atoms. The molecule has 192 valence electrons. The minimum Gasteiger partial charge on any atom is -0.309 e. The van der Waals surface area contributed by atoms with E-state index in [1.807, 2.05) is 0 Å². The summed E-state index contributed by atoms with van der Waals surface area (Å²) < 4.78 is 2.45. The highest BCUT2D eigenvalue weighted by atomic mass is 15.0. The van der Waals surface area contributed by atoms with Gasteiger partial charge in [-0.05, 0) is 107 Å². The molecule has 4 bridgehead atoms. The fourth-order valence-electron chi connectivity index (χ4n) is 10.3. The molecule has 1 heterocycles. The molecule has 1 nitrogen and oxygen atoms in total. The van der Waals surface area contributed by atoms with Gasteiger partial charge in [-0.1, -0.05) is 91.0 Å². The highest BCUT2D eigenvalue weighted by molar-refractivity contribution is 6.17. The molecule has 11 rings (SSSR count). The molecule has 4 fully saturated rings. The van der Waals surface area contributed by atoms with Crippen LogP contribution in [0, 0.1) is 23.7 Å². The van der Waals surface area contributed by atoms with Gasteiger partial charge in [-0.25, -0.2) is 0 Å². The highest BCUT2D eigenvalue weighted by Crippen LogP contribution is 2.73. The second-order valence-electron chi connectivity index (χ2n) is 12.9. The normalized spacial score (nSPS) is 27.2. The minimum absolute atomic E-state index is 0.214. The first-order chi connectivity index (χ1) is 19.8. The van der Waals surface area contributed by atoms with Gasteiger partial charge in [0.25, 0.3) is 0 Å². The van der Waals surface area contributed by atoms with Crippen LogP contribution >= 0.6 is 0 Å². The van der Waals surface area contributed by atoms with Crippen molar-refractivity contribution < 1.29 is 0 Å². The standard InChI is InChI=1S/C39H31N/c1-2-10-27(11-3-1)40-35-18-7-5-13-31(35)38-29(15-9-19-36(38)40)28-14-8-17-33-37(28)30-12-4-6-16-32(30)39(33)26-21-24-20-25(23-26)34(39)22-24/h1-19,24-26,34H,20-23H2. The Hall–Kier alpha value is -4.10. The van der Waals surface area contributed by atoms with E-state index in [-0.39, 0.29) is 5.41 Å². The minimum atomic E-state index is 0.214. The van der Waals surface area contributed by atoms with Crippen LogP contribution in [0.1, 0.15) is 36.8 Å². The van der Waals surface area contributed by atoms with Crippen LogP contribution in [0.5, 0.6) is 0 Å². The maximum absolute atomic E-state index is 2.51. The number of para-hydroxylation sites is 2. The zero-order valence-electron chi connectivity index (χ0n) is 22.6. The molecule has 0 radical (unpaired) electrons. The molecule has 6 aromatic rings. The van der Waals surface area contributed by atoms with Crippen molar-refractivity contribution in [3.63, 3.8) is 0 Å². The second-order valence-corrected chi connectivity index (χ2v) is 12.9. The number of fused-ring (bicyclic) bond motifs is 6. The lowest BCUT2D eigenvalue weighted by Crippen LogP contribution is -2.40. The van der Waals surface area contributed by atoms with Crippen LogP contribution in [0.2, 0.25) is 0 Å². The number of hydrogen-bond acceptors (Lipinski definition) is 0. The summed E-state index contributed by atoms with van der Waals surface area (Å²) in [5.41, 5.74) is 13.0. The Bertz CT molecular complexity index is 1990. The van der Waals surface area contributed by atoms with E-state index in [1.165, 1.54) is 75.4 Å². The van der Waals surface area contributed by atoms with Crippen LogP contribution in [-0.2, 0) is 5.41 Å². The predicted octanol–water partition coefficient (Wildman–Crippen LogP) is 9.78. The summed E-state index contributed by atoms with van der Waals surface area (Å²) in [6.07, 6.45) is 5.75. The predicted molar refractivity (Wildman–Crippen MR) is 165 cm³/mol. The molecule has 1 heteroatoms. The number of nitrogens with zero attached hydrogens (tertiary/aromatic N) is 1. The first-order valence-electron chi connectivity index (χ1n) is 15.2. The molecule has 1 aromatic heterocycles. The molecule has 5 unspecified atom stereocenters. The van der Waals surface area contributed by atoms with Crippen molar-refractivity contribution in [2.45, 2.75) is 31.1 Å². The SMILES string of the molecule is c1ccc(-n2c3ccccc3c3c(-c4cccc5c4-c4ccccc4C54C5CC6CC(C5)C4C6)cccc32)cc1. The average Bonchev–Trinajstić information content (AvgIpc) is 3.67. The van der Waals surface area contributed by atoms with Gasteiger partial charge in [-0.2, -0.15) is 0 Å². The Morgan fingerprint density at radius 1 is 0.550 bits per heavy atom. The smallest absolute Gasteiger partial charge is 0.0547 e. The number of aromatic nitrogens is 1. The van der Waals surface area contributed by atoms with Crippen molar-refractivity contribution in [3.05, 3.63) is 126 Å². The third-order valence-electron chi connectivity index (χ3n) is 11.4. The molecule has 0 aliphatic heterocycles. The molecule has 0 amide bonds. The van der Waals surface area contributed by atoms with E-state index in [0.717, 1.165) is 23.7 Å². The zero-order chi connectivity index (χ0) is 26.0. The first kappa shape index (κ1) is 21.7. The lowest BCUT2D eigenvalue weighted by Gasteiger charge is -2.43. The summed E-state index contributed by atoms with van der Waals surface area (Å²) in [5, 5.41) is 2.69. The topological polar surface area (TPSA) is 4.93 Å². The maximum atomic E-state index is 2.51. The van der Waals surface area contributed by atoms with Gasteiger partial charge in [-0.15, -0.1) is 0 Å². The van der Waals surface area contributed by atoms with Crippen molar-refractivity contribution in [2.75, 3.05) is 0 Å². The van der Waals surface area contributed by atoms with Crippen molar-refractivity contribution in [1.29, 1.82) is 0 Å². The van der Waals surface area contributed by atoms with E-state index in [9.17, 15) is 0 Å². The number of rotatable bonds is 2. The number of hydrogen-bond donors (Lipinski definition) is 0. The molecule has 5 aromatic carbocycles. The Balaban J connectivity index is 1.30. The molecule has 0 saturated heterocycles. The van der Waals surface area contributed by atoms with Gasteiger partial charge in [0, 0.05) is 21.9 Å². The van der Waals surface area contributed by atoms with E-state index in [2.05, 4.69) is 120 Å². The molecule has 0 N–H and O–H groups in total. The molecule has 1 spiro atoms. The summed E-state index contributed by atoms with van der Waals surface area (Å²) in [6.45, 7) is 0. The molecular weight excluding hydrogens is 482 g/mol. The van der Waals surface area contributed by atoms with Crippen LogP contribution in [0.25, 0.3) is 49.7 Å². The fourth-order valence-corrected chi connectivity index (χ4v) is 10.3. The molecule has 5 aliphatic rings. The quantitative estimate of drug-likeness (QED) is 0.217. The summed E-state index contributed by atoms with van der Waals surface area (Å²) >= 11 is 0. The second kappa shape index (κ2) is 7.55. The van der Waals surface area contributed by atoms with E-state index < -0.39 is 0 Å². The Kier molecular flexibility index (Phi) is 4.09. The van der Waals surface area contributed by atoms with Gasteiger partial charge in [0.15, 0.2) is 0 Å². The molecule has 5 atom stereocenters. The molecular formula is C39H31N. The lowest BCUT2D eigenvalue weighted by molar-refractivity contribution is 0.191. The van der Waals surface area contributed by atoms with E-state index in [4.69, 9.17) is 0 Å². The van der Waals surface area contributed by atoms with Crippen molar-refractivity contribution in [1.82, 2.24) is 4.57 Å². The molecule has 5 aliphatic carbocycles. The zero-order valence-corrected chi connectivity index (χ0v) is 22.6. The Morgan fingerprint density at radius 3 is 2.20 bits per heavy atom. The Morgan fingerprint density at radius 2 is 1.27 bits per heavy atom. The highest BCUT2D eigenvalue weighted by Gasteiger charge is 2.66. The third kappa shape index (κ3) is 2.47. The summed E-state index contributed by atoms with van der Waals surface area (Å²) in [6, 6.07) is 43.5. The van der Waals surface area contributed by atoms with Crippen molar-refractivity contribution >= 4 is 21.8 Å². The van der Waals surface area contributed by atoms with Crippen LogP contribution < -0.4 is 0 Å². The monoisotopic (exact) mass is 513 g/mol. The van der Waals surface area contributed by atoms with Gasteiger partial charge >= 0.3 is 0 Å². The Labute approximate surface area is 235 Å². The number of benzene rings is 5. The maximum Gasteiger partial charge on any atom is 0.0547 e. The van der Waals surface area contributed by atoms with Gasteiger partial charge < -0.3 is 4.57 Å². The van der Waals surface area contributed by atoms with Crippen molar-refractivity contribution in [3.8, 4) is 27.9 Å². The van der Waals surface area contributed by atoms with E-state index >= 15 is 0 Å². The van der Waals surface area contributed by atoms with Gasteiger partial charge in [0.2, 0.25) is 0 Å². The summed E-state index contributed by atoms with van der Waals surface area (Å²) in [7, 11) is 0. The third-order valence-corrected chi connectivity index (χ3v) is 11.4.